The number of hydrogen-bond acceptors (Lipinski definition) is 5. The normalized spacial score (nSPS) is 12.0. The molecule has 6 nitrogen and oxygen atoms in total. The largest absolute Gasteiger partial charge is 0.463 e. The van der Waals surface area contributed by atoms with Crippen molar-refractivity contribution in [3.05, 3.63) is 0 Å². The number of likely N-dealkylation sites (N-methyl/N-ethyl adjacent to an activating group) is 1. The van der Waals surface area contributed by atoms with Gasteiger partial charge in [-0.25, -0.2) is 0 Å². The van der Waals surface area contributed by atoms with Crippen LogP contribution in [0.3, 0.4) is 0 Å². The standard InChI is InChI=1S/C16H31NO5/c1-14(19)13-22-16(21)10-8-6-4-3-5-7-9-15(20)17(2)11-12-18/h14,18-19H,3-13H2,1-2H3. The lowest BCUT2D eigenvalue weighted by atomic mass is 10.1. The summed E-state index contributed by atoms with van der Waals surface area (Å²) < 4.78 is 4.87. The van der Waals surface area contributed by atoms with Crippen molar-refractivity contribution in [1.29, 1.82) is 0 Å². The van der Waals surface area contributed by atoms with Gasteiger partial charge in [-0.1, -0.05) is 25.7 Å². The Morgan fingerprint density at radius 3 is 2.14 bits per heavy atom. The highest BCUT2D eigenvalue weighted by molar-refractivity contribution is 5.75. The number of unbranched alkanes of at least 4 members (excludes halogenated alkanes) is 5. The molecule has 6 heteroatoms. The van der Waals surface area contributed by atoms with E-state index in [9.17, 15) is 9.59 Å². The van der Waals surface area contributed by atoms with Crippen LogP contribution in [0.25, 0.3) is 0 Å². The first-order chi connectivity index (χ1) is 10.5. The molecular formula is C16H31NO5. The number of rotatable bonds is 13. The van der Waals surface area contributed by atoms with Gasteiger partial charge in [0.05, 0.1) is 12.7 Å². The molecule has 0 saturated carbocycles. The third kappa shape index (κ3) is 12.6. The first kappa shape index (κ1) is 20.9. The molecule has 130 valence electrons. The predicted octanol–water partition coefficient (Wildman–Crippen LogP) is 1.48. The second kappa shape index (κ2) is 13.5. The Kier molecular flexibility index (Phi) is 12.8. The smallest absolute Gasteiger partial charge is 0.305 e. The van der Waals surface area contributed by atoms with Crippen molar-refractivity contribution < 1.29 is 24.5 Å². The summed E-state index contributed by atoms with van der Waals surface area (Å²) in [5.74, 6) is -0.173. The summed E-state index contributed by atoms with van der Waals surface area (Å²) in [5.41, 5.74) is 0. The minimum Gasteiger partial charge on any atom is -0.463 e. The number of aliphatic hydroxyl groups excluding tert-OH is 2. The van der Waals surface area contributed by atoms with Gasteiger partial charge in [0.15, 0.2) is 0 Å². The molecule has 0 spiro atoms. The van der Waals surface area contributed by atoms with Crippen LogP contribution in [0.4, 0.5) is 0 Å². The molecule has 0 radical (unpaired) electrons. The van der Waals surface area contributed by atoms with E-state index in [1.807, 2.05) is 0 Å². The highest BCUT2D eigenvalue weighted by atomic mass is 16.5. The van der Waals surface area contributed by atoms with E-state index in [0.29, 0.717) is 19.4 Å². The molecule has 2 N–H and O–H groups in total. The Balaban J connectivity index is 3.37. The lowest BCUT2D eigenvalue weighted by Crippen LogP contribution is -2.29. The zero-order chi connectivity index (χ0) is 16.8. The molecule has 0 fully saturated rings. The Morgan fingerprint density at radius 2 is 1.59 bits per heavy atom. The quantitative estimate of drug-likeness (QED) is 0.397. The van der Waals surface area contributed by atoms with Gasteiger partial charge in [-0.2, -0.15) is 0 Å². The van der Waals surface area contributed by atoms with Gasteiger partial charge >= 0.3 is 5.97 Å². The lowest BCUT2D eigenvalue weighted by Gasteiger charge is -2.15. The second-order valence-corrected chi connectivity index (χ2v) is 5.69. The second-order valence-electron chi connectivity index (χ2n) is 5.69. The fraction of sp³-hybridized carbons (Fsp3) is 0.875. The highest BCUT2D eigenvalue weighted by Gasteiger charge is 2.07. The van der Waals surface area contributed by atoms with Crippen LogP contribution in [-0.2, 0) is 14.3 Å². The Bertz CT molecular complexity index is 307. The summed E-state index contributed by atoms with van der Waals surface area (Å²) in [5, 5.41) is 17.7. The molecule has 22 heavy (non-hydrogen) atoms. The van der Waals surface area contributed by atoms with Crippen molar-refractivity contribution in [3.63, 3.8) is 0 Å². The van der Waals surface area contributed by atoms with Crippen molar-refractivity contribution >= 4 is 11.9 Å². The topological polar surface area (TPSA) is 87.1 Å². The summed E-state index contributed by atoms with van der Waals surface area (Å²) in [7, 11) is 1.70. The van der Waals surface area contributed by atoms with Crippen LogP contribution < -0.4 is 0 Å². The number of carbonyl (C=O) groups excluding carboxylic acids is 2. The van der Waals surface area contributed by atoms with Gasteiger partial charge in [-0.3, -0.25) is 9.59 Å². The third-order valence-corrected chi connectivity index (χ3v) is 3.37. The molecule has 0 bridgehead atoms. The maximum Gasteiger partial charge on any atom is 0.305 e. The number of esters is 1. The molecule has 0 heterocycles. The number of carbonyl (C=O) groups is 2. The molecule has 1 atom stereocenters. The van der Waals surface area contributed by atoms with E-state index in [0.717, 1.165) is 38.5 Å². The predicted molar refractivity (Wildman–Crippen MR) is 84.3 cm³/mol. The van der Waals surface area contributed by atoms with Gasteiger partial charge in [0, 0.05) is 26.4 Å². The Labute approximate surface area is 133 Å². The first-order valence-corrected chi connectivity index (χ1v) is 8.16. The summed E-state index contributed by atoms with van der Waals surface area (Å²) in [6.07, 6.45) is 6.07. The fourth-order valence-electron chi connectivity index (χ4n) is 2.00. The van der Waals surface area contributed by atoms with Gasteiger partial charge in [0.1, 0.15) is 6.61 Å². The minimum absolute atomic E-state index is 0.00188. The van der Waals surface area contributed by atoms with E-state index in [-0.39, 0.29) is 25.1 Å². The van der Waals surface area contributed by atoms with E-state index in [1.165, 1.54) is 0 Å². The molecule has 0 saturated heterocycles. The number of hydrogen-bond donors (Lipinski definition) is 2. The molecule has 0 rings (SSSR count). The van der Waals surface area contributed by atoms with Crippen molar-refractivity contribution in [1.82, 2.24) is 4.90 Å². The maximum absolute atomic E-state index is 11.6. The highest BCUT2D eigenvalue weighted by Crippen LogP contribution is 2.10. The van der Waals surface area contributed by atoms with Crippen LogP contribution in [0.1, 0.15) is 58.3 Å². The van der Waals surface area contributed by atoms with Crippen LogP contribution >= 0.6 is 0 Å². The third-order valence-electron chi connectivity index (χ3n) is 3.37. The average Bonchev–Trinajstić information content (AvgIpc) is 2.47. The van der Waals surface area contributed by atoms with Gasteiger partial charge in [0.2, 0.25) is 5.91 Å². The van der Waals surface area contributed by atoms with Crippen LogP contribution in [0.2, 0.25) is 0 Å². The first-order valence-electron chi connectivity index (χ1n) is 8.16. The molecule has 1 amide bonds. The number of ether oxygens (including phenoxy) is 1. The van der Waals surface area contributed by atoms with Crippen LogP contribution in [-0.4, -0.2) is 59.9 Å². The minimum atomic E-state index is -0.608. The van der Waals surface area contributed by atoms with E-state index >= 15 is 0 Å². The lowest BCUT2D eigenvalue weighted by molar-refractivity contribution is -0.146. The number of amides is 1. The van der Waals surface area contributed by atoms with Gasteiger partial charge < -0.3 is 19.8 Å². The van der Waals surface area contributed by atoms with Gasteiger partial charge in [0.25, 0.3) is 0 Å². The average molecular weight is 317 g/mol. The van der Waals surface area contributed by atoms with E-state index in [4.69, 9.17) is 14.9 Å². The maximum atomic E-state index is 11.6. The molecule has 0 aromatic carbocycles. The van der Waals surface area contributed by atoms with Gasteiger partial charge in [-0.05, 0) is 19.8 Å². The van der Waals surface area contributed by atoms with Crippen LogP contribution in [0, 0.1) is 0 Å². The summed E-state index contributed by atoms with van der Waals surface area (Å²) >= 11 is 0. The fourth-order valence-corrected chi connectivity index (χ4v) is 2.00. The monoisotopic (exact) mass is 317 g/mol. The Morgan fingerprint density at radius 1 is 1.05 bits per heavy atom. The van der Waals surface area contributed by atoms with Crippen molar-refractivity contribution in [2.45, 2.75) is 64.4 Å². The molecule has 0 aromatic rings. The molecule has 0 aliphatic heterocycles. The number of nitrogens with zero attached hydrogens (tertiary/aromatic N) is 1. The zero-order valence-electron chi connectivity index (χ0n) is 13.9. The van der Waals surface area contributed by atoms with Gasteiger partial charge in [-0.15, -0.1) is 0 Å². The SMILES string of the molecule is CC(O)COC(=O)CCCCCCCCC(=O)N(C)CCO. The molecular weight excluding hydrogens is 286 g/mol. The van der Waals surface area contributed by atoms with Crippen molar-refractivity contribution in [3.8, 4) is 0 Å². The molecule has 0 aliphatic carbocycles. The summed E-state index contributed by atoms with van der Waals surface area (Å²) in [6, 6.07) is 0. The van der Waals surface area contributed by atoms with Crippen LogP contribution in [0.15, 0.2) is 0 Å². The van der Waals surface area contributed by atoms with E-state index < -0.39 is 6.10 Å². The summed E-state index contributed by atoms with van der Waals surface area (Å²) in [6.45, 7) is 2.04. The summed E-state index contributed by atoms with van der Waals surface area (Å²) in [4.78, 5) is 24.4. The van der Waals surface area contributed by atoms with Crippen LogP contribution in [0.5, 0.6) is 0 Å². The molecule has 0 aliphatic rings. The number of aliphatic hydroxyl groups is 2. The van der Waals surface area contributed by atoms with Crippen molar-refractivity contribution in [2.24, 2.45) is 0 Å². The molecule has 1 unspecified atom stereocenters. The van der Waals surface area contributed by atoms with E-state index in [1.54, 1.807) is 18.9 Å². The van der Waals surface area contributed by atoms with E-state index in [2.05, 4.69) is 0 Å². The zero-order valence-corrected chi connectivity index (χ0v) is 13.9. The molecule has 0 aromatic heterocycles. The van der Waals surface area contributed by atoms with Crippen molar-refractivity contribution in [2.75, 3.05) is 26.8 Å². The Hall–Kier alpha value is -1.14.